The van der Waals surface area contributed by atoms with Crippen molar-refractivity contribution < 1.29 is 4.39 Å². The van der Waals surface area contributed by atoms with Crippen molar-refractivity contribution in [3.8, 4) is 0 Å². The first-order valence-electron chi connectivity index (χ1n) is 5.93. The molecule has 2 aromatic carbocycles. The van der Waals surface area contributed by atoms with E-state index in [0.29, 0.717) is 16.5 Å². The van der Waals surface area contributed by atoms with Crippen molar-refractivity contribution in [2.45, 2.75) is 19.4 Å². The van der Waals surface area contributed by atoms with Crippen LogP contribution in [0, 0.1) is 12.7 Å². The van der Waals surface area contributed by atoms with Gasteiger partial charge in [0.25, 0.3) is 0 Å². The van der Waals surface area contributed by atoms with Gasteiger partial charge in [0, 0.05) is 16.1 Å². The molecule has 2 rings (SSSR count). The Balaban J connectivity index is 2.20. The fraction of sp³-hybridized carbons (Fsp3) is 0.200. The summed E-state index contributed by atoms with van der Waals surface area (Å²) in [6, 6.07) is 9.86. The number of halogens is 3. The van der Waals surface area contributed by atoms with Gasteiger partial charge in [0.2, 0.25) is 0 Å². The van der Waals surface area contributed by atoms with Gasteiger partial charge in [0.1, 0.15) is 5.82 Å². The molecular weight excluding hydrogens is 284 g/mol. The van der Waals surface area contributed by atoms with Crippen LogP contribution in [0.5, 0.6) is 0 Å². The van der Waals surface area contributed by atoms with E-state index in [1.807, 2.05) is 25.1 Å². The second-order valence-electron chi connectivity index (χ2n) is 4.55. The molecule has 2 aromatic rings. The van der Waals surface area contributed by atoms with Crippen LogP contribution in [-0.2, 0) is 6.42 Å². The maximum absolute atomic E-state index is 13.0. The largest absolute Gasteiger partial charge is 0.324 e. The predicted molar refractivity (Wildman–Crippen MR) is 78.2 cm³/mol. The van der Waals surface area contributed by atoms with Gasteiger partial charge in [-0.3, -0.25) is 0 Å². The highest BCUT2D eigenvalue weighted by Crippen LogP contribution is 2.25. The van der Waals surface area contributed by atoms with Crippen molar-refractivity contribution in [1.82, 2.24) is 0 Å². The van der Waals surface area contributed by atoms with Crippen LogP contribution in [0.3, 0.4) is 0 Å². The summed E-state index contributed by atoms with van der Waals surface area (Å²) in [5, 5.41) is 1.09. The van der Waals surface area contributed by atoms with E-state index < -0.39 is 0 Å². The molecule has 0 aliphatic heterocycles. The molecule has 0 heterocycles. The minimum absolute atomic E-state index is 0.221. The molecule has 0 saturated heterocycles. The second kappa shape index (κ2) is 5.91. The molecule has 4 heteroatoms. The van der Waals surface area contributed by atoms with Gasteiger partial charge in [0.05, 0.1) is 0 Å². The van der Waals surface area contributed by atoms with Crippen LogP contribution in [0.15, 0.2) is 36.4 Å². The van der Waals surface area contributed by atoms with Crippen molar-refractivity contribution in [3.05, 3.63) is 69.0 Å². The molecule has 1 unspecified atom stereocenters. The molecule has 0 saturated carbocycles. The monoisotopic (exact) mass is 297 g/mol. The SMILES string of the molecule is Cc1ccc(C(N)Cc2ccc(F)cc2Cl)cc1Cl. The molecule has 0 aliphatic carbocycles. The van der Waals surface area contributed by atoms with E-state index in [9.17, 15) is 4.39 Å². The van der Waals surface area contributed by atoms with Gasteiger partial charge in [-0.15, -0.1) is 0 Å². The van der Waals surface area contributed by atoms with Crippen molar-refractivity contribution in [2.24, 2.45) is 5.73 Å². The number of aryl methyl sites for hydroxylation is 1. The highest BCUT2D eigenvalue weighted by Gasteiger charge is 2.11. The molecule has 0 bridgehead atoms. The number of benzene rings is 2. The highest BCUT2D eigenvalue weighted by molar-refractivity contribution is 6.31. The lowest BCUT2D eigenvalue weighted by Gasteiger charge is -2.14. The van der Waals surface area contributed by atoms with Crippen LogP contribution in [0.2, 0.25) is 10.0 Å². The van der Waals surface area contributed by atoms with E-state index in [4.69, 9.17) is 28.9 Å². The molecule has 0 spiro atoms. The summed E-state index contributed by atoms with van der Waals surface area (Å²) in [6.45, 7) is 1.94. The van der Waals surface area contributed by atoms with Crippen LogP contribution in [0.4, 0.5) is 4.39 Å². The summed E-state index contributed by atoms with van der Waals surface area (Å²) in [5.74, 6) is -0.347. The van der Waals surface area contributed by atoms with Crippen molar-refractivity contribution >= 4 is 23.2 Å². The Morgan fingerprint density at radius 3 is 2.47 bits per heavy atom. The molecule has 0 amide bonds. The molecule has 0 aromatic heterocycles. The second-order valence-corrected chi connectivity index (χ2v) is 5.37. The molecule has 1 atom stereocenters. The minimum atomic E-state index is -0.347. The Kier molecular flexibility index (Phi) is 4.46. The summed E-state index contributed by atoms with van der Waals surface area (Å²) < 4.78 is 13.0. The molecule has 1 nitrogen and oxygen atoms in total. The van der Waals surface area contributed by atoms with Crippen LogP contribution >= 0.6 is 23.2 Å². The number of nitrogens with two attached hydrogens (primary N) is 1. The quantitative estimate of drug-likeness (QED) is 0.874. The Hall–Kier alpha value is -1.09. The van der Waals surface area contributed by atoms with E-state index in [2.05, 4.69) is 0 Å². The molecule has 0 radical (unpaired) electrons. The van der Waals surface area contributed by atoms with E-state index in [-0.39, 0.29) is 11.9 Å². The molecule has 19 heavy (non-hydrogen) atoms. The maximum Gasteiger partial charge on any atom is 0.124 e. The maximum atomic E-state index is 13.0. The van der Waals surface area contributed by atoms with Gasteiger partial charge in [-0.1, -0.05) is 41.4 Å². The molecule has 2 N–H and O–H groups in total. The summed E-state index contributed by atoms with van der Waals surface area (Å²) in [6.07, 6.45) is 0.540. The minimum Gasteiger partial charge on any atom is -0.324 e. The first-order valence-corrected chi connectivity index (χ1v) is 6.68. The summed E-state index contributed by atoms with van der Waals surface area (Å²) in [7, 11) is 0. The number of hydrogen-bond donors (Lipinski definition) is 1. The normalized spacial score (nSPS) is 12.5. The Morgan fingerprint density at radius 1 is 1.11 bits per heavy atom. The lowest BCUT2D eigenvalue weighted by atomic mass is 9.99. The smallest absolute Gasteiger partial charge is 0.124 e. The Labute approximate surface area is 122 Å². The first-order chi connectivity index (χ1) is 8.97. The average molecular weight is 298 g/mol. The van der Waals surface area contributed by atoms with Gasteiger partial charge >= 0.3 is 0 Å². The van der Waals surface area contributed by atoms with Crippen molar-refractivity contribution in [3.63, 3.8) is 0 Å². The van der Waals surface area contributed by atoms with E-state index in [1.54, 1.807) is 6.07 Å². The molecule has 0 aliphatic rings. The zero-order valence-corrected chi connectivity index (χ0v) is 12.0. The lowest BCUT2D eigenvalue weighted by molar-refractivity contribution is 0.625. The summed E-state index contributed by atoms with van der Waals surface area (Å²) in [4.78, 5) is 0. The fourth-order valence-corrected chi connectivity index (χ4v) is 2.32. The third-order valence-electron chi connectivity index (χ3n) is 3.08. The number of rotatable bonds is 3. The van der Waals surface area contributed by atoms with E-state index in [0.717, 1.165) is 16.7 Å². The van der Waals surface area contributed by atoms with Crippen molar-refractivity contribution in [2.75, 3.05) is 0 Å². The lowest BCUT2D eigenvalue weighted by Crippen LogP contribution is -2.13. The van der Waals surface area contributed by atoms with E-state index in [1.165, 1.54) is 12.1 Å². The van der Waals surface area contributed by atoms with Crippen LogP contribution in [0.1, 0.15) is 22.7 Å². The Bertz CT molecular complexity index is 599. The standard InChI is InChI=1S/C15H14Cl2FN/c1-9-2-3-11(6-13(9)16)15(19)7-10-4-5-12(18)8-14(10)17/h2-6,8,15H,7,19H2,1H3. The summed E-state index contributed by atoms with van der Waals surface area (Å²) >= 11 is 12.1. The predicted octanol–water partition coefficient (Wildman–Crippen LogP) is 4.68. The van der Waals surface area contributed by atoms with Crippen LogP contribution in [-0.4, -0.2) is 0 Å². The van der Waals surface area contributed by atoms with Gasteiger partial charge < -0.3 is 5.73 Å². The average Bonchev–Trinajstić information content (AvgIpc) is 2.36. The zero-order valence-electron chi connectivity index (χ0n) is 10.5. The first kappa shape index (κ1) is 14.3. The number of hydrogen-bond acceptors (Lipinski definition) is 1. The Morgan fingerprint density at radius 2 is 1.84 bits per heavy atom. The fourth-order valence-electron chi connectivity index (χ4n) is 1.88. The third kappa shape index (κ3) is 3.47. The summed E-state index contributed by atoms with van der Waals surface area (Å²) in [5.41, 5.74) is 8.92. The van der Waals surface area contributed by atoms with Gasteiger partial charge in [-0.2, -0.15) is 0 Å². The van der Waals surface area contributed by atoms with Crippen LogP contribution < -0.4 is 5.73 Å². The molecule has 0 fully saturated rings. The zero-order chi connectivity index (χ0) is 14.0. The highest BCUT2D eigenvalue weighted by atomic mass is 35.5. The topological polar surface area (TPSA) is 26.0 Å². The third-order valence-corrected chi connectivity index (χ3v) is 3.84. The molecular formula is C15H14Cl2FN. The van der Waals surface area contributed by atoms with Gasteiger partial charge in [-0.05, 0) is 48.2 Å². The van der Waals surface area contributed by atoms with Crippen molar-refractivity contribution in [1.29, 1.82) is 0 Å². The van der Waals surface area contributed by atoms with E-state index >= 15 is 0 Å². The van der Waals surface area contributed by atoms with Crippen LogP contribution in [0.25, 0.3) is 0 Å². The molecule has 100 valence electrons. The van der Waals surface area contributed by atoms with Gasteiger partial charge in [0.15, 0.2) is 0 Å². The van der Waals surface area contributed by atoms with Gasteiger partial charge in [-0.25, -0.2) is 4.39 Å².